The molecule has 0 atom stereocenters. The topological polar surface area (TPSA) is 104 Å². The number of hydrogen-bond donors (Lipinski definition) is 1. The number of esters is 1. The summed E-state index contributed by atoms with van der Waals surface area (Å²) in [6.45, 7) is 2.61. The highest BCUT2D eigenvalue weighted by Gasteiger charge is 2.17. The van der Waals surface area contributed by atoms with Gasteiger partial charge in [0.2, 0.25) is 11.6 Å². The zero-order valence-corrected chi connectivity index (χ0v) is 11.3. The Bertz CT molecular complexity index is 612. The Morgan fingerprint density at radius 3 is 2.80 bits per heavy atom. The van der Waals surface area contributed by atoms with Crippen molar-refractivity contribution in [3.63, 3.8) is 0 Å². The van der Waals surface area contributed by atoms with Gasteiger partial charge < -0.3 is 14.8 Å². The molecule has 2 aromatic rings. The van der Waals surface area contributed by atoms with Gasteiger partial charge in [-0.2, -0.15) is 4.68 Å². The van der Waals surface area contributed by atoms with Crippen LogP contribution < -0.4 is 10.1 Å². The standard InChI is InChI=1S/C11H14N6O3/c1-4-12-8-7(19-2)10(14-5-13-8)17-6-15-9(16-17)11(18)20-3/h5-6H,4H2,1-3H3,(H,12,13,14). The van der Waals surface area contributed by atoms with Crippen LogP contribution in [0.1, 0.15) is 17.5 Å². The van der Waals surface area contributed by atoms with Crippen molar-refractivity contribution in [2.24, 2.45) is 0 Å². The Morgan fingerprint density at radius 1 is 1.35 bits per heavy atom. The van der Waals surface area contributed by atoms with Crippen LogP contribution in [0.5, 0.6) is 5.75 Å². The molecule has 0 aliphatic heterocycles. The third-order valence-electron chi connectivity index (χ3n) is 2.41. The third kappa shape index (κ3) is 2.51. The minimum atomic E-state index is -0.622. The highest BCUT2D eigenvalue weighted by atomic mass is 16.5. The van der Waals surface area contributed by atoms with E-state index in [1.165, 1.54) is 31.6 Å². The lowest BCUT2D eigenvalue weighted by molar-refractivity contribution is 0.0587. The van der Waals surface area contributed by atoms with E-state index >= 15 is 0 Å². The monoisotopic (exact) mass is 278 g/mol. The molecule has 1 N–H and O–H groups in total. The molecule has 2 heterocycles. The third-order valence-corrected chi connectivity index (χ3v) is 2.41. The fourth-order valence-electron chi connectivity index (χ4n) is 1.56. The fraction of sp³-hybridized carbons (Fsp3) is 0.364. The summed E-state index contributed by atoms with van der Waals surface area (Å²) in [6.07, 6.45) is 2.72. The summed E-state index contributed by atoms with van der Waals surface area (Å²) < 4.78 is 11.2. The highest BCUT2D eigenvalue weighted by Crippen LogP contribution is 2.26. The first-order chi connectivity index (χ1) is 9.71. The van der Waals surface area contributed by atoms with E-state index in [4.69, 9.17) is 4.74 Å². The van der Waals surface area contributed by atoms with Gasteiger partial charge in [-0.25, -0.2) is 19.7 Å². The molecule has 0 fully saturated rings. The van der Waals surface area contributed by atoms with Crippen LogP contribution in [0.4, 0.5) is 5.82 Å². The largest absolute Gasteiger partial charge is 0.490 e. The quantitative estimate of drug-likeness (QED) is 0.778. The number of hydrogen-bond acceptors (Lipinski definition) is 8. The summed E-state index contributed by atoms with van der Waals surface area (Å²) in [6, 6.07) is 0. The summed E-state index contributed by atoms with van der Waals surface area (Å²) >= 11 is 0. The minimum Gasteiger partial charge on any atom is -0.490 e. The van der Waals surface area contributed by atoms with Gasteiger partial charge in [-0.3, -0.25) is 0 Å². The molecule has 0 spiro atoms. The number of nitrogens with zero attached hydrogens (tertiary/aromatic N) is 5. The van der Waals surface area contributed by atoms with Crippen molar-refractivity contribution in [2.45, 2.75) is 6.92 Å². The molecule has 0 bridgehead atoms. The van der Waals surface area contributed by atoms with Gasteiger partial charge in [-0.1, -0.05) is 0 Å². The van der Waals surface area contributed by atoms with Crippen LogP contribution in [-0.4, -0.2) is 51.5 Å². The number of anilines is 1. The molecule has 0 aliphatic carbocycles. The zero-order chi connectivity index (χ0) is 14.5. The fourth-order valence-corrected chi connectivity index (χ4v) is 1.56. The molecule has 0 unspecified atom stereocenters. The summed E-state index contributed by atoms with van der Waals surface area (Å²) in [4.78, 5) is 23.4. The van der Waals surface area contributed by atoms with Gasteiger partial charge in [0.25, 0.3) is 5.82 Å². The lowest BCUT2D eigenvalue weighted by Crippen LogP contribution is -2.09. The number of aromatic nitrogens is 5. The van der Waals surface area contributed by atoms with Gasteiger partial charge in [0.1, 0.15) is 12.7 Å². The SMILES string of the molecule is CCNc1ncnc(-n2cnc(C(=O)OC)n2)c1OC. The van der Waals surface area contributed by atoms with E-state index in [1.807, 2.05) is 6.92 Å². The Morgan fingerprint density at radius 2 is 2.15 bits per heavy atom. The van der Waals surface area contributed by atoms with Crippen molar-refractivity contribution in [3.05, 3.63) is 18.5 Å². The van der Waals surface area contributed by atoms with Crippen LogP contribution in [0.25, 0.3) is 5.82 Å². The van der Waals surface area contributed by atoms with E-state index in [1.54, 1.807) is 0 Å². The smallest absolute Gasteiger partial charge is 0.377 e. The minimum absolute atomic E-state index is 0.0573. The number of ether oxygens (including phenoxy) is 2. The van der Waals surface area contributed by atoms with Gasteiger partial charge in [0, 0.05) is 6.54 Å². The average Bonchev–Trinajstić information content (AvgIpc) is 2.96. The molecule has 0 aliphatic rings. The molecule has 106 valence electrons. The maximum atomic E-state index is 11.3. The molecule has 0 amide bonds. The van der Waals surface area contributed by atoms with Crippen molar-refractivity contribution in [2.75, 3.05) is 26.1 Å². The molecular formula is C11H14N6O3. The lowest BCUT2D eigenvalue weighted by atomic mass is 10.4. The van der Waals surface area contributed by atoms with Gasteiger partial charge in [-0.15, -0.1) is 5.10 Å². The van der Waals surface area contributed by atoms with Gasteiger partial charge in [0.15, 0.2) is 5.82 Å². The van der Waals surface area contributed by atoms with E-state index in [0.29, 0.717) is 23.9 Å². The Hall–Kier alpha value is -2.71. The molecule has 0 saturated carbocycles. The maximum Gasteiger partial charge on any atom is 0.377 e. The van der Waals surface area contributed by atoms with Crippen molar-refractivity contribution < 1.29 is 14.3 Å². The molecule has 0 aromatic carbocycles. The van der Waals surface area contributed by atoms with E-state index in [0.717, 1.165) is 0 Å². The number of carbonyl (C=O) groups excluding carboxylic acids is 1. The molecular weight excluding hydrogens is 264 g/mol. The summed E-state index contributed by atoms with van der Waals surface area (Å²) in [7, 11) is 2.76. The number of nitrogens with one attached hydrogen (secondary N) is 1. The van der Waals surface area contributed by atoms with E-state index in [-0.39, 0.29) is 5.82 Å². The van der Waals surface area contributed by atoms with Crippen molar-refractivity contribution in [3.8, 4) is 11.6 Å². The van der Waals surface area contributed by atoms with Gasteiger partial charge in [-0.05, 0) is 6.92 Å². The molecule has 2 rings (SSSR count). The second kappa shape index (κ2) is 5.95. The first-order valence-corrected chi connectivity index (χ1v) is 5.84. The maximum absolute atomic E-state index is 11.3. The lowest BCUT2D eigenvalue weighted by Gasteiger charge is -2.11. The molecule has 0 radical (unpaired) electrons. The van der Waals surface area contributed by atoms with Crippen LogP contribution >= 0.6 is 0 Å². The first kappa shape index (κ1) is 13.7. The van der Waals surface area contributed by atoms with Crippen LogP contribution in [0, 0.1) is 0 Å². The zero-order valence-electron chi connectivity index (χ0n) is 11.3. The van der Waals surface area contributed by atoms with Crippen molar-refractivity contribution in [1.29, 1.82) is 0 Å². The van der Waals surface area contributed by atoms with Crippen LogP contribution in [0.15, 0.2) is 12.7 Å². The number of rotatable bonds is 5. The Kier molecular flexibility index (Phi) is 4.08. The summed E-state index contributed by atoms with van der Waals surface area (Å²) in [5.74, 6) is 0.647. The number of methoxy groups -OCH3 is 2. The van der Waals surface area contributed by atoms with Crippen LogP contribution in [0.3, 0.4) is 0 Å². The average molecular weight is 278 g/mol. The molecule has 9 heteroatoms. The number of carbonyl (C=O) groups is 1. The predicted molar refractivity (Wildman–Crippen MR) is 69.0 cm³/mol. The Balaban J connectivity index is 2.44. The normalized spacial score (nSPS) is 10.2. The predicted octanol–water partition coefficient (Wildman–Crippen LogP) is 0.284. The van der Waals surface area contributed by atoms with E-state index in [9.17, 15) is 4.79 Å². The molecule has 9 nitrogen and oxygen atoms in total. The van der Waals surface area contributed by atoms with E-state index in [2.05, 4.69) is 30.1 Å². The van der Waals surface area contributed by atoms with Gasteiger partial charge in [0.05, 0.1) is 14.2 Å². The molecule has 2 aromatic heterocycles. The Labute approximate surface area is 115 Å². The second-order valence-corrected chi connectivity index (χ2v) is 3.61. The van der Waals surface area contributed by atoms with Crippen molar-refractivity contribution in [1.82, 2.24) is 24.7 Å². The van der Waals surface area contributed by atoms with Gasteiger partial charge >= 0.3 is 5.97 Å². The highest BCUT2D eigenvalue weighted by molar-refractivity contribution is 5.84. The molecule has 0 saturated heterocycles. The molecule has 20 heavy (non-hydrogen) atoms. The van der Waals surface area contributed by atoms with Crippen LogP contribution in [-0.2, 0) is 4.74 Å². The summed E-state index contributed by atoms with van der Waals surface area (Å²) in [5, 5.41) is 7.04. The first-order valence-electron chi connectivity index (χ1n) is 5.84. The summed E-state index contributed by atoms with van der Waals surface area (Å²) in [5.41, 5.74) is 0. The second-order valence-electron chi connectivity index (χ2n) is 3.61. The van der Waals surface area contributed by atoms with Crippen molar-refractivity contribution >= 4 is 11.8 Å². The van der Waals surface area contributed by atoms with E-state index < -0.39 is 5.97 Å². The van der Waals surface area contributed by atoms with Crippen LogP contribution in [0.2, 0.25) is 0 Å².